The van der Waals surface area contributed by atoms with Crippen LogP contribution in [-0.4, -0.2) is 6.61 Å². The Kier molecular flexibility index (Phi) is 2.36. The average molecular weight is 190 g/mol. The molecule has 0 fully saturated rings. The highest BCUT2D eigenvalue weighted by Crippen LogP contribution is 2.30. The first-order valence-corrected chi connectivity index (χ1v) is 5.28. The number of ether oxygens (including phenoxy) is 1. The number of benzene rings is 1. The molecule has 0 aromatic heterocycles. The maximum Gasteiger partial charge on any atom is 0.0719 e. The van der Waals surface area contributed by atoms with Crippen LogP contribution < -0.4 is 0 Å². The van der Waals surface area contributed by atoms with Gasteiger partial charge in [-0.3, -0.25) is 0 Å². The van der Waals surface area contributed by atoms with Gasteiger partial charge in [-0.2, -0.15) is 0 Å². The summed E-state index contributed by atoms with van der Waals surface area (Å²) in [4.78, 5) is 0. The molecule has 1 heteroatoms. The van der Waals surface area contributed by atoms with Gasteiger partial charge in [0.05, 0.1) is 13.2 Å². The van der Waals surface area contributed by atoms with Gasteiger partial charge in [0.2, 0.25) is 0 Å². The molecule has 0 N–H and O–H groups in total. The molecule has 1 aromatic carbocycles. The second-order valence-electron chi connectivity index (χ2n) is 5.00. The Bertz CT molecular complexity index is 334. The smallest absolute Gasteiger partial charge is 0.0719 e. The van der Waals surface area contributed by atoms with E-state index in [1.165, 1.54) is 16.7 Å². The van der Waals surface area contributed by atoms with E-state index in [1.54, 1.807) is 0 Å². The molecular weight excluding hydrogens is 172 g/mol. The third-order valence-electron chi connectivity index (χ3n) is 2.84. The van der Waals surface area contributed by atoms with Gasteiger partial charge >= 0.3 is 0 Å². The van der Waals surface area contributed by atoms with Gasteiger partial charge in [-0.05, 0) is 28.5 Å². The Balaban J connectivity index is 2.51. The van der Waals surface area contributed by atoms with Crippen LogP contribution in [0.25, 0.3) is 0 Å². The Morgan fingerprint density at radius 2 is 2.00 bits per heavy atom. The fraction of sp³-hybridized carbons (Fsp3) is 0.538. The lowest BCUT2D eigenvalue weighted by atomic mass is 9.81. The first kappa shape index (κ1) is 9.72. The van der Waals surface area contributed by atoms with Gasteiger partial charge in [0.15, 0.2) is 0 Å². The van der Waals surface area contributed by atoms with Crippen molar-refractivity contribution in [2.24, 2.45) is 0 Å². The van der Waals surface area contributed by atoms with Crippen molar-refractivity contribution in [3.05, 3.63) is 34.9 Å². The molecule has 0 unspecified atom stereocenters. The summed E-state index contributed by atoms with van der Waals surface area (Å²) in [5.74, 6) is 0. The highest BCUT2D eigenvalue weighted by molar-refractivity contribution is 5.40. The summed E-state index contributed by atoms with van der Waals surface area (Å²) in [6.07, 6.45) is 1.07. The van der Waals surface area contributed by atoms with E-state index in [1.807, 2.05) is 0 Å². The van der Waals surface area contributed by atoms with Crippen molar-refractivity contribution >= 4 is 0 Å². The quantitative estimate of drug-likeness (QED) is 0.611. The van der Waals surface area contributed by atoms with Crippen LogP contribution in [0, 0.1) is 0 Å². The predicted molar refractivity (Wildman–Crippen MR) is 58.5 cm³/mol. The summed E-state index contributed by atoms with van der Waals surface area (Å²) < 4.78 is 5.46. The average Bonchev–Trinajstić information content (AvgIpc) is 2.15. The van der Waals surface area contributed by atoms with Gasteiger partial charge in [0, 0.05) is 0 Å². The SMILES string of the molecule is CC(C)(C)c1cccc2c1CCOC2. The minimum atomic E-state index is 0.253. The van der Waals surface area contributed by atoms with Crippen molar-refractivity contribution < 1.29 is 4.74 Å². The molecule has 0 bridgehead atoms. The maximum atomic E-state index is 5.46. The number of hydrogen-bond acceptors (Lipinski definition) is 1. The Hall–Kier alpha value is -0.820. The monoisotopic (exact) mass is 190 g/mol. The zero-order valence-corrected chi connectivity index (χ0v) is 9.26. The van der Waals surface area contributed by atoms with Gasteiger partial charge in [0.25, 0.3) is 0 Å². The maximum absolute atomic E-state index is 5.46. The first-order chi connectivity index (χ1) is 6.59. The number of fused-ring (bicyclic) bond motifs is 1. The van der Waals surface area contributed by atoms with E-state index in [9.17, 15) is 0 Å². The summed E-state index contributed by atoms with van der Waals surface area (Å²) in [6, 6.07) is 6.59. The normalized spacial score (nSPS) is 16.5. The molecule has 1 aliphatic heterocycles. The summed E-state index contributed by atoms with van der Waals surface area (Å²) in [5, 5.41) is 0. The minimum absolute atomic E-state index is 0.253. The number of rotatable bonds is 0. The Labute approximate surface area is 86.1 Å². The molecule has 1 aliphatic rings. The van der Waals surface area contributed by atoms with Crippen molar-refractivity contribution in [3.63, 3.8) is 0 Å². The lowest BCUT2D eigenvalue weighted by molar-refractivity contribution is 0.110. The molecule has 0 spiro atoms. The summed E-state index contributed by atoms with van der Waals surface area (Å²) in [5.41, 5.74) is 4.64. The van der Waals surface area contributed by atoms with Crippen molar-refractivity contribution in [1.82, 2.24) is 0 Å². The topological polar surface area (TPSA) is 9.23 Å². The highest BCUT2D eigenvalue weighted by Gasteiger charge is 2.21. The van der Waals surface area contributed by atoms with Crippen LogP contribution in [0.4, 0.5) is 0 Å². The molecule has 14 heavy (non-hydrogen) atoms. The molecule has 0 aliphatic carbocycles. The summed E-state index contributed by atoms with van der Waals surface area (Å²) >= 11 is 0. The van der Waals surface area contributed by atoms with Gasteiger partial charge in [-0.1, -0.05) is 39.0 Å². The molecule has 0 amide bonds. The lowest BCUT2D eigenvalue weighted by Crippen LogP contribution is -2.19. The largest absolute Gasteiger partial charge is 0.376 e. The number of hydrogen-bond donors (Lipinski definition) is 0. The zero-order valence-electron chi connectivity index (χ0n) is 9.26. The molecule has 1 aromatic rings. The standard InChI is InChI=1S/C13H18O/c1-13(2,3)12-6-4-5-10-9-14-8-7-11(10)12/h4-6H,7-9H2,1-3H3. The lowest BCUT2D eigenvalue weighted by Gasteiger charge is -2.27. The van der Waals surface area contributed by atoms with E-state index >= 15 is 0 Å². The molecule has 0 saturated carbocycles. The molecule has 0 saturated heterocycles. The van der Waals surface area contributed by atoms with Gasteiger partial charge in [-0.25, -0.2) is 0 Å². The van der Waals surface area contributed by atoms with Crippen LogP contribution in [0.15, 0.2) is 18.2 Å². The highest BCUT2D eigenvalue weighted by atomic mass is 16.5. The van der Waals surface area contributed by atoms with Crippen LogP contribution in [0.1, 0.15) is 37.5 Å². The third-order valence-corrected chi connectivity index (χ3v) is 2.84. The second kappa shape index (κ2) is 3.39. The molecule has 0 atom stereocenters. The van der Waals surface area contributed by atoms with Crippen molar-refractivity contribution in [2.75, 3.05) is 6.61 Å². The Morgan fingerprint density at radius 1 is 1.21 bits per heavy atom. The third kappa shape index (κ3) is 1.69. The van der Waals surface area contributed by atoms with E-state index in [-0.39, 0.29) is 5.41 Å². The van der Waals surface area contributed by atoms with Crippen LogP contribution >= 0.6 is 0 Å². The van der Waals surface area contributed by atoms with E-state index in [0.29, 0.717) is 0 Å². The van der Waals surface area contributed by atoms with Gasteiger partial charge in [-0.15, -0.1) is 0 Å². The zero-order chi connectivity index (χ0) is 10.2. The van der Waals surface area contributed by atoms with Crippen LogP contribution in [0.5, 0.6) is 0 Å². The Morgan fingerprint density at radius 3 is 2.71 bits per heavy atom. The van der Waals surface area contributed by atoms with Crippen LogP contribution in [0.2, 0.25) is 0 Å². The fourth-order valence-electron chi connectivity index (χ4n) is 2.12. The van der Waals surface area contributed by atoms with Crippen molar-refractivity contribution in [1.29, 1.82) is 0 Å². The fourth-order valence-corrected chi connectivity index (χ4v) is 2.12. The van der Waals surface area contributed by atoms with E-state index in [0.717, 1.165) is 19.6 Å². The predicted octanol–water partition coefficient (Wildman–Crippen LogP) is 3.06. The van der Waals surface area contributed by atoms with E-state index in [4.69, 9.17) is 4.74 Å². The van der Waals surface area contributed by atoms with Crippen molar-refractivity contribution in [2.45, 2.75) is 39.2 Å². The van der Waals surface area contributed by atoms with E-state index < -0.39 is 0 Å². The van der Waals surface area contributed by atoms with Crippen LogP contribution in [0.3, 0.4) is 0 Å². The van der Waals surface area contributed by atoms with Crippen molar-refractivity contribution in [3.8, 4) is 0 Å². The van der Waals surface area contributed by atoms with Crippen LogP contribution in [-0.2, 0) is 23.2 Å². The molecular formula is C13H18O. The molecule has 1 heterocycles. The second-order valence-corrected chi connectivity index (χ2v) is 5.00. The van der Waals surface area contributed by atoms with E-state index in [2.05, 4.69) is 39.0 Å². The molecule has 1 nitrogen and oxygen atoms in total. The van der Waals surface area contributed by atoms with Gasteiger partial charge < -0.3 is 4.74 Å². The molecule has 76 valence electrons. The van der Waals surface area contributed by atoms with Gasteiger partial charge in [0.1, 0.15) is 0 Å². The summed E-state index contributed by atoms with van der Waals surface area (Å²) in [6.45, 7) is 8.49. The summed E-state index contributed by atoms with van der Waals surface area (Å²) in [7, 11) is 0. The molecule has 2 rings (SSSR count). The molecule has 0 radical (unpaired) electrons. The first-order valence-electron chi connectivity index (χ1n) is 5.28. The minimum Gasteiger partial charge on any atom is -0.376 e.